The first kappa shape index (κ1) is 16.7. The van der Waals surface area contributed by atoms with Crippen molar-refractivity contribution in [2.45, 2.75) is 72.1 Å². The summed E-state index contributed by atoms with van der Waals surface area (Å²) in [6.45, 7) is 6.48. The predicted octanol–water partition coefficient (Wildman–Crippen LogP) is 5.11. The third-order valence-electron chi connectivity index (χ3n) is 3.77. The molecule has 0 aliphatic carbocycles. The molecule has 0 aliphatic heterocycles. The topological polar surface area (TPSA) is 29.1 Å². The molecule has 0 aliphatic rings. The Morgan fingerprint density at radius 3 is 2.10 bits per heavy atom. The van der Waals surface area contributed by atoms with Gasteiger partial charge >= 0.3 is 0 Å². The second kappa shape index (κ2) is 9.57. The van der Waals surface area contributed by atoms with Crippen LogP contribution in [0.1, 0.15) is 70.4 Å². The van der Waals surface area contributed by atoms with E-state index in [9.17, 15) is 4.79 Å². The average Bonchev–Trinajstić information content (AvgIpc) is 2.47. The first-order valence-electron chi connectivity index (χ1n) is 8.13. The molecule has 112 valence electrons. The van der Waals surface area contributed by atoms with Crippen LogP contribution in [0.15, 0.2) is 18.2 Å². The van der Waals surface area contributed by atoms with Crippen molar-refractivity contribution in [3.63, 3.8) is 0 Å². The minimum Gasteiger partial charge on any atom is -0.326 e. The highest BCUT2D eigenvalue weighted by molar-refractivity contribution is 5.92. The lowest BCUT2D eigenvalue weighted by Gasteiger charge is -2.14. The van der Waals surface area contributed by atoms with Crippen LogP contribution in [0.25, 0.3) is 0 Å². The van der Waals surface area contributed by atoms with Gasteiger partial charge in [-0.15, -0.1) is 0 Å². The minimum atomic E-state index is 0.164. The van der Waals surface area contributed by atoms with E-state index in [0.717, 1.165) is 31.4 Å². The van der Waals surface area contributed by atoms with E-state index in [1.54, 1.807) is 0 Å². The lowest BCUT2D eigenvalue weighted by Crippen LogP contribution is -2.14. The molecule has 0 saturated carbocycles. The van der Waals surface area contributed by atoms with Gasteiger partial charge in [-0.3, -0.25) is 4.79 Å². The standard InChI is InChI=1S/C18H29NO/c1-4-7-8-9-10-14-17(20)19-18-15(5-2)12-11-13-16(18)6-3/h11-13H,4-10,14H2,1-3H3,(H,19,20). The number of para-hydroxylation sites is 1. The molecule has 1 rings (SSSR count). The number of amides is 1. The van der Waals surface area contributed by atoms with Crippen LogP contribution in [0, 0.1) is 0 Å². The number of rotatable bonds is 9. The maximum atomic E-state index is 12.1. The number of nitrogens with one attached hydrogen (secondary N) is 1. The molecule has 0 bridgehead atoms. The highest BCUT2D eigenvalue weighted by atomic mass is 16.1. The van der Waals surface area contributed by atoms with E-state index < -0.39 is 0 Å². The van der Waals surface area contributed by atoms with Crippen molar-refractivity contribution in [3.05, 3.63) is 29.3 Å². The van der Waals surface area contributed by atoms with Crippen molar-refractivity contribution in [1.82, 2.24) is 0 Å². The van der Waals surface area contributed by atoms with Crippen LogP contribution in [0.4, 0.5) is 5.69 Å². The highest BCUT2D eigenvalue weighted by Gasteiger charge is 2.09. The molecular formula is C18H29NO. The zero-order chi connectivity index (χ0) is 14.8. The van der Waals surface area contributed by atoms with Gasteiger partial charge in [0, 0.05) is 12.1 Å². The number of aryl methyl sites for hydroxylation is 2. The number of hydrogen-bond acceptors (Lipinski definition) is 1. The number of anilines is 1. The minimum absolute atomic E-state index is 0.164. The van der Waals surface area contributed by atoms with Gasteiger partial charge in [0.05, 0.1) is 0 Å². The molecule has 1 amide bonds. The molecule has 1 aromatic rings. The van der Waals surface area contributed by atoms with Gasteiger partial charge in [-0.25, -0.2) is 0 Å². The van der Waals surface area contributed by atoms with E-state index in [0.29, 0.717) is 6.42 Å². The maximum Gasteiger partial charge on any atom is 0.224 e. The molecule has 0 saturated heterocycles. The van der Waals surface area contributed by atoms with Crippen LogP contribution in [0.3, 0.4) is 0 Å². The van der Waals surface area contributed by atoms with Gasteiger partial charge in [0.1, 0.15) is 0 Å². The lowest BCUT2D eigenvalue weighted by atomic mass is 10.0. The number of benzene rings is 1. The van der Waals surface area contributed by atoms with Gasteiger partial charge in [-0.1, -0.05) is 64.7 Å². The van der Waals surface area contributed by atoms with Crippen LogP contribution in [0.5, 0.6) is 0 Å². The van der Waals surface area contributed by atoms with Crippen LogP contribution in [-0.2, 0) is 17.6 Å². The van der Waals surface area contributed by atoms with Gasteiger partial charge in [-0.2, -0.15) is 0 Å². The van der Waals surface area contributed by atoms with Gasteiger partial charge in [0.25, 0.3) is 0 Å². The van der Waals surface area contributed by atoms with E-state index in [-0.39, 0.29) is 5.91 Å². The SMILES string of the molecule is CCCCCCCC(=O)Nc1c(CC)cccc1CC. The molecule has 0 fully saturated rings. The lowest BCUT2D eigenvalue weighted by molar-refractivity contribution is -0.116. The molecule has 1 N–H and O–H groups in total. The Morgan fingerprint density at radius 2 is 1.55 bits per heavy atom. The van der Waals surface area contributed by atoms with Crippen LogP contribution in [0.2, 0.25) is 0 Å². The number of unbranched alkanes of at least 4 members (excludes halogenated alkanes) is 4. The van der Waals surface area contributed by atoms with Crippen LogP contribution >= 0.6 is 0 Å². The van der Waals surface area contributed by atoms with Gasteiger partial charge < -0.3 is 5.32 Å². The van der Waals surface area contributed by atoms with Crippen molar-refractivity contribution in [2.24, 2.45) is 0 Å². The fourth-order valence-corrected chi connectivity index (χ4v) is 2.49. The number of hydrogen-bond donors (Lipinski definition) is 1. The Kier molecular flexibility index (Phi) is 8.01. The monoisotopic (exact) mass is 275 g/mol. The Hall–Kier alpha value is -1.31. The fraction of sp³-hybridized carbons (Fsp3) is 0.611. The molecule has 2 nitrogen and oxygen atoms in total. The molecule has 0 atom stereocenters. The predicted molar refractivity (Wildman–Crippen MR) is 87.2 cm³/mol. The zero-order valence-corrected chi connectivity index (χ0v) is 13.3. The van der Waals surface area contributed by atoms with E-state index in [2.05, 4.69) is 44.3 Å². The molecule has 1 aromatic carbocycles. The number of carbonyl (C=O) groups is 1. The summed E-state index contributed by atoms with van der Waals surface area (Å²) in [7, 11) is 0. The summed E-state index contributed by atoms with van der Waals surface area (Å²) in [6, 6.07) is 6.30. The Morgan fingerprint density at radius 1 is 0.950 bits per heavy atom. The normalized spacial score (nSPS) is 10.6. The van der Waals surface area contributed by atoms with E-state index in [4.69, 9.17) is 0 Å². The number of carbonyl (C=O) groups excluding carboxylic acids is 1. The fourth-order valence-electron chi connectivity index (χ4n) is 2.49. The van der Waals surface area contributed by atoms with Crippen LogP contribution < -0.4 is 5.32 Å². The summed E-state index contributed by atoms with van der Waals surface area (Å²) < 4.78 is 0. The Bertz CT molecular complexity index is 390. The molecule has 0 radical (unpaired) electrons. The Labute approximate surface area is 124 Å². The van der Waals surface area contributed by atoms with Crippen LogP contribution in [-0.4, -0.2) is 5.91 Å². The van der Waals surface area contributed by atoms with Gasteiger partial charge in [-0.05, 0) is 30.4 Å². The third-order valence-corrected chi connectivity index (χ3v) is 3.77. The summed E-state index contributed by atoms with van der Waals surface area (Å²) >= 11 is 0. The van der Waals surface area contributed by atoms with Crippen molar-refractivity contribution >= 4 is 11.6 Å². The molecular weight excluding hydrogens is 246 g/mol. The molecule has 0 heterocycles. The summed E-state index contributed by atoms with van der Waals surface area (Å²) in [5, 5.41) is 3.13. The van der Waals surface area contributed by atoms with Gasteiger partial charge in [0.15, 0.2) is 0 Å². The molecule has 0 unspecified atom stereocenters. The molecule has 0 aromatic heterocycles. The molecule has 0 spiro atoms. The third kappa shape index (κ3) is 5.36. The molecule has 20 heavy (non-hydrogen) atoms. The first-order valence-corrected chi connectivity index (χ1v) is 8.13. The highest BCUT2D eigenvalue weighted by Crippen LogP contribution is 2.23. The summed E-state index contributed by atoms with van der Waals surface area (Å²) in [5.74, 6) is 0.164. The second-order valence-electron chi connectivity index (χ2n) is 5.37. The van der Waals surface area contributed by atoms with E-state index in [1.165, 1.54) is 30.4 Å². The quantitative estimate of drug-likeness (QED) is 0.623. The van der Waals surface area contributed by atoms with Gasteiger partial charge in [0.2, 0.25) is 5.91 Å². The summed E-state index contributed by atoms with van der Waals surface area (Å²) in [4.78, 5) is 12.1. The molecule has 2 heteroatoms. The van der Waals surface area contributed by atoms with Crippen molar-refractivity contribution in [3.8, 4) is 0 Å². The van der Waals surface area contributed by atoms with E-state index >= 15 is 0 Å². The largest absolute Gasteiger partial charge is 0.326 e. The van der Waals surface area contributed by atoms with Crippen molar-refractivity contribution < 1.29 is 4.79 Å². The summed E-state index contributed by atoms with van der Waals surface area (Å²) in [5.41, 5.74) is 3.53. The average molecular weight is 275 g/mol. The maximum absolute atomic E-state index is 12.1. The first-order chi connectivity index (χ1) is 9.72. The van der Waals surface area contributed by atoms with E-state index in [1.807, 2.05) is 0 Å². The van der Waals surface area contributed by atoms with Crippen molar-refractivity contribution in [2.75, 3.05) is 5.32 Å². The van der Waals surface area contributed by atoms with Crippen molar-refractivity contribution in [1.29, 1.82) is 0 Å². The smallest absolute Gasteiger partial charge is 0.224 e. The zero-order valence-electron chi connectivity index (χ0n) is 13.3. The summed E-state index contributed by atoms with van der Waals surface area (Å²) in [6.07, 6.45) is 8.50. The second-order valence-corrected chi connectivity index (χ2v) is 5.37. The Balaban J connectivity index is 2.52.